The summed E-state index contributed by atoms with van der Waals surface area (Å²) in [6.45, 7) is 8.37. The lowest BCUT2D eigenvalue weighted by Gasteiger charge is -2.22. The van der Waals surface area contributed by atoms with Gasteiger partial charge in [-0.25, -0.2) is 9.59 Å². The van der Waals surface area contributed by atoms with E-state index in [2.05, 4.69) is 5.32 Å². The summed E-state index contributed by atoms with van der Waals surface area (Å²) < 4.78 is 4.99. The molecule has 0 aliphatic carbocycles. The van der Waals surface area contributed by atoms with Crippen LogP contribution in [0.5, 0.6) is 0 Å². The Morgan fingerprint density at radius 1 is 1.26 bits per heavy atom. The summed E-state index contributed by atoms with van der Waals surface area (Å²) in [5.74, 6) is -0.583. The van der Waals surface area contributed by atoms with Crippen molar-refractivity contribution in [3.05, 3.63) is 0 Å². The predicted molar refractivity (Wildman–Crippen MR) is 74.4 cm³/mol. The zero-order valence-electron chi connectivity index (χ0n) is 12.0. The van der Waals surface area contributed by atoms with E-state index >= 15 is 0 Å². The highest BCUT2D eigenvalue weighted by atomic mass is 32.2. The summed E-state index contributed by atoms with van der Waals surface area (Å²) in [5, 5.41) is 20.8. The molecule has 112 valence electrons. The summed E-state index contributed by atoms with van der Waals surface area (Å²) in [6.07, 6.45) is -0.760. The lowest BCUT2D eigenvalue weighted by Crippen LogP contribution is -2.45. The molecule has 6 nitrogen and oxygen atoms in total. The molecule has 0 aliphatic rings. The molecular formula is C12H23NO5S. The van der Waals surface area contributed by atoms with Crippen molar-refractivity contribution in [2.45, 2.75) is 51.9 Å². The highest BCUT2D eigenvalue weighted by molar-refractivity contribution is 7.99. The fourth-order valence-corrected chi connectivity index (χ4v) is 2.13. The third-order valence-corrected chi connectivity index (χ3v) is 3.21. The molecule has 0 aromatic rings. The van der Waals surface area contributed by atoms with Gasteiger partial charge >= 0.3 is 12.1 Å². The van der Waals surface area contributed by atoms with Crippen LogP contribution in [0.15, 0.2) is 0 Å². The molecule has 1 amide bonds. The predicted octanol–water partition coefficient (Wildman–Crippen LogP) is 1.47. The Morgan fingerprint density at radius 2 is 1.79 bits per heavy atom. The van der Waals surface area contributed by atoms with Gasteiger partial charge in [0.25, 0.3) is 0 Å². The Hall–Kier alpha value is -0.950. The molecule has 19 heavy (non-hydrogen) atoms. The van der Waals surface area contributed by atoms with E-state index in [1.165, 1.54) is 11.8 Å². The van der Waals surface area contributed by atoms with E-state index in [1.54, 1.807) is 34.6 Å². The molecule has 1 unspecified atom stereocenters. The summed E-state index contributed by atoms with van der Waals surface area (Å²) in [5.41, 5.74) is -1.55. The number of hydrogen-bond acceptors (Lipinski definition) is 5. The lowest BCUT2D eigenvalue weighted by molar-refractivity contribution is -0.138. The van der Waals surface area contributed by atoms with Gasteiger partial charge in [-0.05, 0) is 34.6 Å². The third kappa shape index (κ3) is 10.6. The molecule has 3 N–H and O–H groups in total. The molecule has 0 saturated carbocycles. The van der Waals surface area contributed by atoms with Crippen LogP contribution in [-0.2, 0) is 9.53 Å². The number of carbonyl (C=O) groups excluding carboxylic acids is 1. The molecule has 1 atom stereocenters. The number of alkyl carbamates (subject to hydrolysis) is 1. The second-order valence-corrected chi connectivity index (χ2v) is 6.89. The van der Waals surface area contributed by atoms with Gasteiger partial charge < -0.3 is 20.3 Å². The molecule has 0 spiro atoms. The first-order valence-corrected chi connectivity index (χ1v) is 7.08. The zero-order chi connectivity index (χ0) is 15.3. The van der Waals surface area contributed by atoms with E-state index in [1.807, 2.05) is 0 Å². The maximum atomic E-state index is 11.5. The fourth-order valence-electron chi connectivity index (χ4n) is 1.05. The van der Waals surface area contributed by atoms with Gasteiger partial charge in [0.05, 0.1) is 5.60 Å². The molecular weight excluding hydrogens is 270 g/mol. The first-order valence-electron chi connectivity index (χ1n) is 5.93. The molecule has 0 aliphatic heterocycles. The van der Waals surface area contributed by atoms with Gasteiger partial charge in [0.15, 0.2) is 0 Å². The molecule has 0 saturated heterocycles. The average molecular weight is 293 g/mol. The van der Waals surface area contributed by atoms with Crippen molar-refractivity contribution in [1.82, 2.24) is 5.32 Å². The maximum Gasteiger partial charge on any atom is 0.408 e. The van der Waals surface area contributed by atoms with Gasteiger partial charge in [0, 0.05) is 11.5 Å². The number of aliphatic carboxylic acids is 1. The minimum atomic E-state index is -1.13. The average Bonchev–Trinajstić information content (AvgIpc) is 2.10. The quantitative estimate of drug-likeness (QED) is 0.686. The van der Waals surface area contributed by atoms with Gasteiger partial charge in [-0.2, -0.15) is 11.8 Å². The van der Waals surface area contributed by atoms with Crippen LogP contribution in [0.25, 0.3) is 0 Å². The maximum absolute atomic E-state index is 11.5. The van der Waals surface area contributed by atoms with Crippen LogP contribution in [-0.4, -0.2) is 51.0 Å². The topological polar surface area (TPSA) is 95.9 Å². The van der Waals surface area contributed by atoms with E-state index in [4.69, 9.17) is 9.84 Å². The number of nitrogens with one attached hydrogen (secondary N) is 1. The Bertz CT molecular complexity index is 319. The van der Waals surface area contributed by atoms with Crippen molar-refractivity contribution in [1.29, 1.82) is 0 Å². The van der Waals surface area contributed by atoms with Crippen LogP contribution in [0, 0.1) is 0 Å². The summed E-state index contributed by atoms with van der Waals surface area (Å²) >= 11 is 1.26. The van der Waals surface area contributed by atoms with E-state index in [9.17, 15) is 14.7 Å². The summed E-state index contributed by atoms with van der Waals surface area (Å²) in [6, 6.07) is -1.04. The first kappa shape index (κ1) is 18.0. The van der Waals surface area contributed by atoms with E-state index < -0.39 is 29.3 Å². The Morgan fingerprint density at radius 3 is 2.16 bits per heavy atom. The number of carboxylic acids is 1. The van der Waals surface area contributed by atoms with Gasteiger partial charge in [-0.3, -0.25) is 0 Å². The Balaban J connectivity index is 4.28. The van der Waals surface area contributed by atoms with Crippen molar-refractivity contribution in [3.63, 3.8) is 0 Å². The van der Waals surface area contributed by atoms with Crippen LogP contribution in [0.3, 0.4) is 0 Å². The fraction of sp³-hybridized carbons (Fsp3) is 0.833. The van der Waals surface area contributed by atoms with Gasteiger partial charge in [-0.1, -0.05) is 0 Å². The number of rotatable bonds is 6. The van der Waals surface area contributed by atoms with Crippen LogP contribution < -0.4 is 5.32 Å². The van der Waals surface area contributed by atoms with Crippen molar-refractivity contribution in [3.8, 4) is 0 Å². The lowest BCUT2D eigenvalue weighted by atomic mass is 10.2. The number of carbonyl (C=O) groups is 2. The second kappa shape index (κ2) is 7.00. The van der Waals surface area contributed by atoms with Crippen molar-refractivity contribution >= 4 is 23.8 Å². The highest BCUT2D eigenvalue weighted by Crippen LogP contribution is 2.13. The molecule has 0 bridgehead atoms. The SMILES string of the molecule is CC(C)(O)CSCC(NC(=O)OC(C)(C)C)C(=O)O. The van der Waals surface area contributed by atoms with E-state index in [0.29, 0.717) is 5.75 Å². The number of carboxylic acid groups (broad SMARTS) is 1. The number of aliphatic hydroxyl groups is 1. The largest absolute Gasteiger partial charge is 0.480 e. The van der Waals surface area contributed by atoms with Crippen LogP contribution >= 0.6 is 11.8 Å². The minimum Gasteiger partial charge on any atom is -0.480 e. The zero-order valence-corrected chi connectivity index (χ0v) is 12.8. The van der Waals surface area contributed by atoms with Crippen molar-refractivity contribution in [2.24, 2.45) is 0 Å². The number of amides is 1. The molecule has 0 aromatic carbocycles. The highest BCUT2D eigenvalue weighted by Gasteiger charge is 2.24. The van der Waals surface area contributed by atoms with E-state index in [-0.39, 0.29) is 5.75 Å². The molecule has 0 radical (unpaired) electrons. The molecule has 0 fully saturated rings. The molecule has 7 heteroatoms. The van der Waals surface area contributed by atoms with Crippen LogP contribution in [0.1, 0.15) is 34.6 Å². The molecule has 0 aromatic heterocycles. The number of hydrogen-bond donors (Lipinski definition) is 3. The third-order valence-electron chi connectivity index (χ3n) is 1.73. The van der Waals surface area contributed by atoms with Gasteiger partial charge in [-0.15, -0.1) is 0 Å². The summed E-state index contributed by atoms with van der Waals surface area (Å²) in [4.78, 5) is 22.5. The smallest absolute Gasteiger partial charge is 0.408 e. The van der Waals surface area contributed by atoms with Crippen molar-refractivity contribution < 1.29 is 24.5 Å². The van der Waals surface area contributed by atoms with Gasteiger partial charge in [0.1, 0.15) is 11.6 Å². The number of thioether (sulfide) groups is 1. The van der Waals surface area contributed by atoms with Crippen LogP contribution in [0.4, 0.5) is 4.79 Å². The Labute approximate surface area is 117 Å². The Kier molecular flexibility index (Phi) is 6.65. The van der Waals surface area contributed by atoms with Crippen LogP contribution in [0.2, 0.25) is 0 Å². The first-order chi connectivity index (χ1) is 8.41. The normalized spacial score (nSPS) is 13.8. The molecule has 0 rings (SSSR count). The van der Waals surface area contributed by atoms with E-state index in [0.717, 1.165) is 0 Å². The summed E-state index contributed by atoms with van der Waals surface area (Å²) in [7, 11) is 0. The number of ether oxygens (including phenoxy) is 1. The second-order valence-electron chi connectivity index (χ2n) is 5.86. The van der Waals surface area contributed by atoms with Gasteiger partial charge in [0.2, 0.25) is 0 Å². The monoisotopic (exact) mass is 293 g/mol. The van der Waals surface area contributed by atoms with Crippen molar-refractivity contribution in [2.75, 3.05) is 11.5 Å². The molecule has 0 heterocycles. The minimum absolute atomic E-state index is 0.165. The standard InChI is InChI=1S/C12H23NO5S/c1-11(2,3)18-10(16)13-8(9(14)15)6-19-7-12(4,5)17/h8,17H,6-7H2,1-5H3,(H,13,16)(H,14,15).